The second-order valence-electron chi connectivity index (χ2n) is 5.47. The number of anilines is 1. The van der Waals surface area contributed by atoms with Gasteiger partial charge in [-0.2, -0.15) is 0 Å². The maximum atomic E-state index is 13.8. The van der Waals surface area contributed by atoms with Gasteiger partial charge in [0.1, 0.15) is 5.82 Å². The van der Waals surface area contributed by atoms with E-state index in [-0.39, 0.29) is 31.1 Å². The third-order valence-corrected chi connectivity index (χ3v) is 3.68. The van der Waals surface area contributed by atoms with E-state index in [1.54, 1.807) is 6.07 Å². The lowest BCUT2D eigenvalue weighted by Crippen LogP contribution is -2.37. The van der Waals surface area contributed by atoms with Crippen LogP contribution in [0.15, 0.2) is 36.9 Å². The quantitative estimate of drug-likeness (QED) is 0.630. The molecular formula is C17H19FN2O4. The van der Waals surface area contributed by atoms with Crippen LogP contribution in [-0.2, 0) is 19.1 Å². The minimum atomic E-state index is -0.977. The number of halogens is 1. The van der Waals surface area contributed by atoms with Crippen LogP contribution < -0.4 is 10.2 Å². The molecule has 1 aromatic rings. The molecule has 7 heteroatoms. The summed E-state index contributed by atoms with van der Waals surface area (Å²) in [7, 11) is 0. The highest BCUT2D eigenvalue weighted by molar-refractivity contribution is 5.99. The number of benzene rings is 1. The fraction of sp³-hybridized carbons (Fsp3) is 0.353. The zero-order chi connectivity index (χ0) is 17.7. The number of ether oxygens (including phenoxy) is 1. The first-order valence-corrected chi connectivity index (χ1v) is 7.58. The third kappa shape index (κ3) is 3.98. The maximum Gasteiger partial charge on any atom is 0.312 e. The molecule has 0 saturated carbocycles. The number of hydrogen-bond acceptors (Lipinski definition) is 4. The van der Waals surface area contributed by atoms with Crippen LogP contribution in [0.3, 0.4) is 0 Å². The molecule has 1 aromatic carbocycles. The number of hydrogen-bond donors (Lipinski definition) is 1. The van der Waals surface area contributed by atoms with Crippen molar-refractivity contribution < 1.29 is 23.5 Å². The monoisotopic (exact) mass is 334 g/mol. The van der Waals surface area contributed by atoms with Crippen LogP contribution in [0.5, 0.6) is 0 Å². The number of amides is 2. The normalized spacial score (nSPS) is 18.2. The van der Waals surface area contributed by atoms with Gasteiger partial charge in [-0.15, -0.1) is 6.58 Å². The summed E-state index contributed by atoms with van der Waals surface area (Å²) in [5, 5.41) is 2.52. The van der Waals surface area contributed by atoms with Crippen molar-refractivity contribution in [1.29, 1.82) is 0 Å². The van der Waals surface area contributed by atoms with Gasteiger partial charge in [0, 0.05) is 19.5 Å². The Hall–Kier alpha value is -2.70. The van der Waals surface area contributed by atoms with Crippen LogP contribution in [0, 0.1) is 11.7 Å². The van der Waals surface area contributed by atoms with E-state index in [2.05, 4.69) is 11.9 Å². The Morgan fingerprint density at radius 3 is 2.88 bits per heavy atom. The van der Waals surface area contributed by atoms with Crippen LogP contribution in [0.2, 0.25) is 0 Å². The summed E-state index contributed by atoms with van der Waals surface area (Å²) in [6.45, 7) is 5.21. The molecule has 0 radical (unpaired) electrons. The molecule has 1 heterocycles. The van der Waals surface area contributed by atoms with Crippen LogP contribution in [0.1, 0.15) is 13.3 Å². The first-order chi connectivity index (χ1) is 11.4. The Morgan fingerprint density at radius 2 is 2.21 bits per heavy atom. The predicted octanol–water partition coefficient (Wildman–Crippen LogP) is 1.41. The second kappa shape index (κ2) is 7.72. The molecule has 0 bridgehead atoms. The fourth-order valence-electron chi connectivity index (χ4n) is 2.41. The highest BCUT2D eigenvalue weighted by atomic mass is 19.1. The lowest BCUT2D eigenvalue weighted by Gasteiger charge is -2.18. The van der Waals surface area contributed by atoms with Crippen molar-refractivity contribution in [3.05, 3.63) is 42.7 Å². The van der Waals surface area contributed by atoms with Crippen LogP contribution in [0.4, 0.5) is 10.1 Å². The van der Waals surface area contributed by atoms with E-state index in [9.17, 15) is 18.8 Å². The summed E-state index contributed by atoms with van der Waals surface area (Å²) < 4.78 is 18.9. The molecule has 0 unspecified atom stereocenters. The standard InChI is InChI=1S/C17H19FN2O4/c1-3-8-19-16(22)11(2)24-17(23)12-9-15(21)20(10-12)14-7-5-4-6-13(14)18/h3-7,11-12H,1,8-10H2,2H3,(H,19,22)/t11-,12-/m1/s1. The number of para-hydroxylation sites is 1. The predicted molar refractivity (Wildman–Crippen MR) is 85.6 cm³/mol. The third-order valence-electron chi connectivity index (χ3n) is 3.68. The van der Waals surface area contributed by atoms with Crippen molar-refractivity contribution >= 4 is 23.5 Å². The highest BCUT2D eigenvalue weighted by Gasteiger charge is 2.38. The molecule has 1 fully saturated rings. The summed E-state index contributed by atoms with van der Waals surface area (Å²) >= 11 is 0. The van der Waals surface area contributed by atoms with E-state index in [0.29, 0.717) is 0 Å². The molecule has 1 N–H and O–H groups in total. The number of rotatable bonds is 6. The van der Waals surface area contributed by atoms with Crippen molar-refractivity contribution in [3.63, 3.8) is 0 Å². The minimum Gasteiger partial charge on any atom is -0.452 e. The van der Waals surface area contributed by atoms with Gasteiger partial charge in [-0.1, -0.05) is 18.2 Å². The van der Waals surface area contributed by atoms with Gasteiger partial charge in [0.15, 0.2) is 6.10 Å². The van der Waals surface area contributed by atoms with Crippen molar-refractivity contribution in [2.75, 3.05) is 18.0 Å². The summed E-state index contributed by atoms with van der Waals surface area (Å²) in [6, 6.07) is 5.87. The maximum absolute atomic E-state index is 13.8. The van der Waals surface area contributed by atoms with E-state index in [1.165, 1.54) is 36.1 Å². The van der Waals surface area contributed by atoms with Crippen LogP contribution >= 0.6 is 0 Å². The Labute approximate surface area is 139 Å². The lowest BCUT2D eigenvalue weighted by molar-refractivity contribution is -0.158. The molecule has 1 aliphatic heterocycles. The number of nitrogens with one attached hydrogen (secondary N) is 1. The van der Waals surface area contributed by atoms with Gasteiger partial charge < -0.3 is 15.0 Å². The first kappa shape index (κ1) is 17.7. The van der Waals surface area contributed by atoms with Gasteiger partial charge >= 0.3 is 5.97 Å². The summed E-state index contributed by atoms with van der Waals surface area (Å²) in [6.07, 6.45) is 0.456. The number of carbonyl (C=O) groups excluding carboxylic acids is 3. The van der Waals surface area contributed by atoms with Gasteiger partial charge in [-0.25, -0.2) is 4.39 Å². The van der Waals surface area contributed by atoms with E-state index in [4.69, 9.17) is 4.74 Å². The number of nitrogens with zero attached hydrogens (tertiary/aromatic N) is 1. The Morgan fingerprint density at radius 1 is 1.50 bits per heavy atom. The Bertz CT molecular complexity index is 662. The van der Waals surface area contributed by atoms with Gasteiger partial charge in [0.05, 0.1) is 11.6 Å². The Balaban J connectivity index is 1.98. The van der Waals surface area contributed by atoms with E-state index in [0.717, 1.165) is 0 Å². The molecule has 2 amide bonds. The molecular weight excluding hydrogens is 315 g/mol. The first-order valence-electron chi connectivity index (χ1n) is 7.58. The molecule has 2 atom stereocenters. The molecule has 24 heavy (non-hydrogen) atoms. The second-order valence-corrected chi connectivity index (χ2v) is 5.47. The van der Waals surface area contributed by atoms with Gasteiger partial charge in [-0.05, 0) is 19.1 Å². The SMILES string of the molecule is C=CCNC(=O)[C@@H](C)OC(=O)[C@@H]1CC(=O)N(c2ccccc2F)C1. The lowest BCUT2D eigenvalue weighted by atomic mass is 10.1. The van der Waals surface area contributed by atoms with Crippen LogP contribution in [-0.4, -0.2) is 37.0 Å². The zero-order valence-electron chi connectivity index (χ0n) is 13.3. The van der Waals surface area contributed by atoms with Crippen LogP contribution in [0.25, 0.3) is 0 Å². The molecule has 2 rings (SSSR count). The van der Waals surface area contributed by atoms with Gasteiger partial charge in [0.2, 0.25) is 5.91 Å². The average Bonchev–Trinajstić information content (AvgIpc) is 2.94. The van der Waals surface area contributed by atoms with Crippen molar-refractivity contribution in [1.82, 2.24) is 5.32 Å². The number of carbonyl (C=O) groups is 3. The van der Waals surface area contributed by atoms with Crippen molar-refractivity contribution in [3.8, 4) is 0 Å². The molecule has 0 spiro atoms. The number of esters is 1. The minimum absolute atomic E-state index is 0.0274. The highest BCUT2D eigenvalue weighted by Crippen LogP contribution is 2.28. The van der Waals surface area contributed by atoms with Gasteiger partial charge in [-0.3, -0.25) is 14.4 Å². The molecule has 1 aliphatic rings. The topological polar surface area (TPSA) is 75.7 Å². The smallest absolute Gasteiger partial charge is 0.312 e. The van der Waals surface area contributed by atoms with Crippen molar-refractivity contribution in [2.24, 2.45) is 5.92 Å². The molecule has 6 nitrogen and oxygen atoms in total. The molecule has 0 aliphatic carbocycles. The average molecular weight is 334 g/mol. The largest absolute Gasteiger partial charge is 0.452 e. The van der Waals surface area contributed by atoms with E-state index < -0.39 is 29.7 Å². The Kier molecular flexibility index (Phi) is 5.68. The van der Waals surface area contributed by atoms with E-state index >= 15 is 0 Å². The molecule has 0 aromatic heterocycles. The summed E-state index contributed by atoms with van der Waals surface area (Å²) in [4.78, 5) is 37.1. The summed E-state index contributed by atoms with van der Waals surface area (Å²) in [5.74, 6) is -2.71. The zero-order valence-corrected chi connectivity index (χ0v) is 13.3. The summed E-state index contributed by atoms with van der Waals surface area (Å²) in [5.41, 5.74) is 0.134. The van der Waals surface area contributed by atoms with Crippen molar-refractivity contribution in [2.45, 2.75) is 19.4 Å². The fourth-order valence-corrected chi connectivity index (χ4v) is 2.41. The van der Waals surface area contributed by atoms with E-state index in [1.807, 2.05) is 0 Å². The molecule has 128 valence electrons. The molecule has 1 saturated heterocycles. The van der Waals surface area contributed by atoms with Gasteiger partial charge in [0.25, 0.3) is 5.91 Å².